The van der Waals surface area contributed by atoms with Crippen LogP contribution in [-0.2, 0) is 6.18 Å². The molecule has 2 rings (SSSR count). The van der Waals surface area contributed by atoms with E-state index in [1.807, 2.05) is 0 Å². The van der Waals surface area contributed by atoms with Gasteiger partial charge in [-0.3, -0.25) is 0 Å². The predicted molar refractivity (Wildman–Crippen MR) is 62.2 cm³/mol. The molecule has 18 heavy (non-hydrogen) atoms. The monoisotopic (exact) mass is 275 g/mol. The van der Waals surface area contributed by atoms with Crippen LogP contribution in [0, 0.1) is 0 Å². The molecule has 1 unspecified atom stereocenters. The zero-order valence-electron chi connectivity index (χ0n) is 9.29. The molecule has 0 aliphatic heterocycles. The molecule has 0 bridgehead atoms. The first-order valence-electron chi connectivity index (χ1n) is 5.09. The lowest BCUT2D eigenvalue weighted by Crippen LogP contribution is -2.10. The number of halogens is 4. The van der Waals surface area contributed by atoms with E-state index in [2.05, 4.69) is 9.97 Å². The van der Waals surface area contributed by atoms with E-state index in [1.54, 1.807) is 6.92 Å². The van der Waals surface area contributed by atoms with Gasteiger partial charge in [-0.05, 0) is 36.7 Å². The van der Waals surface area contributed by atoms with Gasteiger partial charge in [0, 0.05) is 11.4 Å². The third kappa shape index (κ3) is 2.39. The number of hydrogen-bond donors (Lipinski definition) is 1. The second-order valence-corrected chi connectivity index (χ2v) is 4.23. The number of fused-ring (bicyclic) bond motifs is 1. The maximum absolute atomic E-state index is 12.6. The molecule has 1 aromatic carbocycles. The smallest absolute Gasteiger partial charge is 0.323 e. The van der Waals surface area contributed by atoms with E-state index in [9.17, 15) is 13.2 Å². The highest BCUT2D eigenvalue weighted by Gasteiger charge is 2.31. The van der Waals surface area contributed by atoms with Gasteiger partial charge < -0.3 is 5.73 Å². The molecule has 0 aliphatic rings. The van der Waals surface area contributed by atoms with Gasteiger partial charge in [0.1, 0.15) is 0 Å². The van der Waals surface area contributed by atoms with Gasteiger partial charge in [-0.2, -0.15) is 13.2 Å². The van der Waals surface area contributed by atoms with Crippen molar-refractivity contribution >= 4 is 22.5 Å². The average molecular weight is 276 g/mol. The number of aromatic nitrogens is 2. The molecule has 2 N–H and O–H groups in total. The lowest BCUT2D eigenvalue weighted by atomic mass is 10.1. The Labute approximate surface area is 106 Å². The molecule has 96 valence electrons. The highest BCUT2D eigenvalue weighted by atomic mass is 35.5. The Bertz CT molecular complexity index is 596. The topological polar surface area (TPSA) is 51.8 Å². The Morgan fingerprint density at radius 1 is 1.28 bits per heavy atom. The summed E-state index contributed by atoms with van der Waals surface area (Å²) in [5.41, 5.74) is 5.56. The van der Waals surface area contributed by atoms with Gasteiger partial charge in [0.05, 0.1) is 16.8 Å². The maximum Gasteiger partial charge on any atom is 0.416 e. The quantitative estimate of drug-likeness (QED) is 0.812. The Hall–Kier alpha value is -1.40. The summed E-state index contributed by atoms with van der Waals surface area (Å²) in [6.07, 6.45) is -4.41. The first-order chi connectivity index (χ1) is 8.29. The largest absolute Gasteiger partial charge is 0.416 e. The van der Waals surface area contributed by atoms with Crippen molar-refractivity contribution in [1.82, 2.24) is 9.97 Å². The van der Waals surface area contributed by atoms with Crippen LogP contribution in [0.25, 0.3) is 10.9 Å². The normalized spacial score (nSPS) is 13.9. The minimum Gasteiger partial charge on any atom is -0.323 e. The number of benzene rings is 1. The molecule has 1 heterocycles. The van der Waals surface area contributed by atoms with Gasteiger partial charge in [-0.1, -0.05) is 0 Å². The number of nitrogens with two attached hydrogens (primary N) is 1. The molecule has 0 saturated carbocycles. The summed E-state index contributed by atoms with van der Waals surface area (Å²) in [7, 11) is 0. The van der Waals surface area contributed by atoms with Crippen LogP contribution in [-0.4, -0.2) is 9.97 Å². The lowest BCUT2D eigenvalue weighted by Gasteiger charge is -2.12. The second kappa shape index (κ2) is 4.37. The van der Waals surface area contributed by atoms with E-state index in [0.717, 1.165) is 12.1 Å². The SMILES string of the molecule is CC(N)c1nc(Cl)nc2ccc(C(F)(F)F)cc12. The first-order valence-corrected chi connectivity index (χ1v) is 5.47. The molecule has 0 fully saturated rings. The maximum atomic E-state index is 12.6. The van der Waals surface area contributed by atoms with Crippen molar-refractivity contribution in [3.8, 4) is 0 Å². The summed E-state index contributed by atoms with van der Waals surface area (Å²) < 4.78 is 37.9. The predicted octanol–water partition coefficient (Wildman–Crippen LogP) is 3.32. The third-order valence-corrected chi connectivity index (χ3v) is 2.63. The number of hydrogen-bond acceptors (Lipinski definition) is 3. The standard InChI is InChI=1S/C11H9ClF3N3/c1-5(16)9-7-4-6(11(13,14)15)2-3-8(7)17-10(12)18-9/h2-5H,16H2,1H3. The summed E-state index contributed by atoms with van der Waals surface area (Å²) in [5, 5.41) is 0.235. The van der Waals surface area contributed by atoms with E-state index in [4.69, 9.17) is 17.3 Å². The Morgan fingerprint density at radius 3 is 2.50 bits per heavy atom. The van der Waals surface area contributed by atoms with Gasteiger partial charge in [-0.15, -0.1) is 0 Å². The molecule has 1 aromatic heterocycles. The summed E-state index contributed by atoms with van der Waals surface area (Å²) >= 11 is 5.70. The number of nitrogens with zero attached hydrogens (tertiary/aromatic N) is 2. The van der Waals surface area contributed by atoms with Gasteiger partial charge in [-0.25, -0.2) is 9.97 Å². The Morgan fingerprint density at radius 2 is 1.94 bits per heavy atom. The molecule has 1 atom stereocenters. The lowest BCUT2D eigenvalue weighted by molar-refractivity contribution is -0.137. The molecule has 0 amide bonds. The summed E-state index contributed by atoms with van der Waals surface area (Å²) in [6.45, 7) is 1.62. The van der Waals surface area contributed by atoms with Crippen molar-refractivity contribution in [2.24, 2.45) is 5.73 Å². The molecule has 7 heteroatoms. The first kappa shape index (κ1) is 13.0. The molecular weight excluding hydrogens is 267 g/mol. The fraction of sp³-hybridized carbons (Fsp3) is 0.273. The molecule has 0 saturated heterocycles. The van der Waals surface area contributed by atoms with E-state index in [-0.39, 0.29) is 10.7 Å². The van der Waals surface area contributed by atoms with Crippen molar-refractivity contribution in [2.75, 3.05) is 0 Å². The molecular formula is C11H9ClF3N3. The van der Waals surface area contributed by atoms with Crippen LogP contribution in [0.4, 0.5) is 13.2 Å². The van der Waals surface area contributed by atoms with Crippen molar-refractivity contribution in [2.45, 2.75) is 19.1 Å². The fourth-order valence-electron chi connectivity index (χ4n) is 1.65. The fourth-order valence-corrected chi connectivity index (χ4v) is 1.83. The summed E-state index contributed by atoms with van der Waals surface area (Å²) in [5.74, 6) is 0. The van der Waals surface area contributed by atoms with Crippen LogP contribution in [0.2, 0.25) is 5.28 Å². The van der Waals surface area contributed by atoms with Gasteiger partial charge in [0.15, 0.2) is 0 Å². The minimum atomic E-state index is -4.41. The van der Waals surface area contributed by atoms with Gasteiger partial charge >= 0.3 is 6.18 Å². The highest BCUT2D eigenvalue weighted by molar-refractivity contribution is 6.28. The van der Waals surface area contributed by atoms with E-state index in [0.29, 0.717) is 11.2 Å². The van der Waals surface area contributed by atoms with Crippen LogP contribution in [0.5, 0.6) is 0 Å². The third-order valence-electron chi connectivity index (χ3n) is 2.46. The molecule has 0 aliphatic carbocycles. The second-order valence-electron chi connectivity index (χ2n) is 3.90. The van der Waals surface area contributed by atoms with E-state index < -0.39 is 17.8 Å². The molecule has 2 aromatic rings. The zero-order valence-corrected chi connectivity index (χ0v) is 10.0. The number of alkyl halides is 3. The Kier molecular flexibility index (Phi) is 3.16. The molecule has 0 radical (unpaired) electrons. The van der Waals surface area contributed by atoms with Crippen LogP contribution in [0.15, 0.2) is 18.2 Å². The highest BCUT2D eigenvalue weighted by Crippen LogP contribution is 2.32. The summed E-state index contributed by atoms with van der Waals surface area (Å²) in [4.78, 5) is 7.76. The minimum absolute atomic E-state index is 0.0328. The van der Waals surface area contributed by atoms with Crippen LogP contribution < -0.4 is 5.73 Å². The van der Waals surface area contributed by atoms with Gasteiger partial charge in [0.2, 0.25) is 5.28 Å². The Balaban J connectivity index is 2.75. The summed E-state index contributed by atoms with van der Waals surface area (Å²) in [6, 6.07) is 2.68. The zero-order chi connectivity index (χ0) is 13.5. The average Bonchev–Trinajstić information content (AvgIpc) is 2.25. The van der Waals surface area contributed by atoms with Crippen molar-refractivity contribution in [3.63, 3.8) is 0 Å². The van der Waals surface area contributed by atoms with E-state index >= 15 is 0 Å². The van der Waals surface area contributed by atoms with Crippen molar-refractivity contribution in [1.29, 1.82) is 0 Å². The van der Waals surface area contributed by atoms with E-state index in [1.165, 1.54) is 6.07 Å². The van der Waals surface area contributed by atoms with Crippen LogP contribution in [0.1, 0.15) is 24.2 Å². The van der Waals surface area contributed by atoms with Crippen molar-refractivity contribution in [3.05, 3.63) is 34.7 Å². The molecule has 3 nitrogen and oxygen atoms in total. The van der Waals surface area contributed by atoms with Crippen LogP contribution >= 0.6 is 11.6 Å². The van der Waals surface area contributed by atoms with Crippen molar-refractivity contribution < 1.29 is 13.2 Å². The number of rotatable bonds is 1. The van der Waals surface area contributed by atoms with Crippen LogP contribution in [0.3, 0.4) is 0 Å². The molecule has 0 spiro atoms. The van der Waals surface area contributed by atoms with Gasteiger partial charge in [0.25, 0.3) is 0 Å².